The van der Waals surface area contributed by atoms with Gasteiger partial charge in [0.15, 0.2) is 0 Å². The number of nitrogen functional groups attached to an aromatic ring is 1. The van der Waals surface area contributed by atoms with Crippen LogP contribution in [0.3, 0.4) is 0 Å². The Hall–Kier alpha value is -2.19. The minimum absolute atomic E-state index is 0.0232. The van der Waals surface area contributed by atoms with Gasteiger partial charge in [0.25, 0.3) is 5.56 Å². The van der Waals surface area contributed by atoms with Gasteiger partial charge >= 0.3 is 0 Å². The number of aromatic nitrogens is 2. The number of carbonyl (C=O) groups excluding carboxylic acids is 1. The minimum atomic E-state index is -0.446. The van der Waals surface area contributed by atoms with Gasteiger partial charge in [-0.05, 0) is 31.4 Å². The fourth-order valence-corrected chi connectivity index (χ4v) is 3.51. The second-order valence-corrected chi connectivity index (χ2v) is 6.93. The first kappa shape index (κ1) is 16.7. The second-order valence-electron chi connectivity index (χ2n) is 5.98. The molecule has 2 aromatic rings. The Kier molecular flexibility index (Phi) is 4.68. The normalized spacial score (nSPS) is 21.0. The molecule has 1 amide bonds. The maximum absolute atomic E-state index is 12.6. The number of anilines is 1. The highest BCUT2D eigenvalue weighted by molar-refractivity contribution is 7.13. The van der Waals surface area contributed by atoms with E-state index in [1.165, 1.54) is 11.3 Å². The van der Waals surface area contributed by atoms with Crippen molar-refractivity contribution < 1.29 is 9.53 Å². The van der Waals surface area contributed by atoms with Crippen molar-refractivity contribution >= 4 is 22.9 Å². The predicted octanol–water partition coefficient (Wildman–Crippen LogP) is 1.19. The summed E-state index contributed by atoms with van der Waals surface area (Å²) in [7, 11) is 0. The van der Waals surface area contributed by atoms with Gasteiger partial charge in [-0.3, -0.25) is 9.59 Å². The van der Waals surface area contributed by atoms with E-state index < -0.39 is 5.56 Å². The highest BCUT2D eigenvalue weighted by Gasteiger charge is 2.26. The highest BCUT2D eigenvalue weighted by atomic mass is 32.1. The average Bonchev–Trinajstić information content (AvgIpc) is 3.05. The number of nitrogens with zero attached hydrogens (tertiary/aromatic N) is 3. The molecule has 128 valence electrons. The van der Waals surface area contributed by atoms with Crippen LogP contribution in [0.5, 0.6) is 0 Å². The molecule has 1 fully saturated rings. The molecule has 0 aromatic carbocycles. The summed E-state index contributed by atoms with van der Waals surface area (Å²) < 4.78 is 6.78. The zero-order valence-electron chi connectivity index (χ0n) is 13.6. The number of hydrogen-bond donors (Lipinski definition) is 1. The number of nitrogens with two attached hydrogens (primary N) is 1. The number of carbonyl (C=O) groups is 1. The molecule has 0 aliphatic carbocycles. The monoisotopic (exact) mass is 348 g/mol. The van der Waals surface area contributed by atoms with Crippen LogP contribution in [0, 0.1) is 0 Å². The molecule has 1 aliphatic heterocycles. The molecule has 0 unspecified atom stereocenters. The summed E-state index contributed by atoms with van der Waals surface area (Å²) in [6, 6.07) is 5.34. The van der Waals surface area contributed by atoms with Crippen molar-refractivity contribution in [3.63, 3.8) is 0 Å². The van der Waals surface area contributed by atoms with Crippen LogP contribution in [0.25, 0.3) is 10.6 Å². The van der Waals surface area contributed by atoms with Crippen molar-refractivity contribution in [3.05, 3.63) is 33.9 Å². The second kappa shape index (κ2) is 6.74. The van der Waals surface area contributed by atoms with Crippen LogP contribution < -0.4 is 11.3 Å². The Morgan fingerprint density at radius 2 is 2.12 bits per heavy atom. The average molecular weight is 348 g/mol. The Morgan fingerprint density at radius 3 is 2.75 bits per heavy atom. The number of hydrogen-bond acceptors (Lipinski definition) is 6. The minimum Gasteiger partial charge on any atom is -0.394 e. The van der Waals surface area contributed by atoms with Crippen molar-refractivity contribution in [1.29, 1.82) is 0 Å². The van der Waals surface area contributed by atoms with Gasteiger partial charge in [0.05, 0.1) is 17.1 Å². The lowest BCUT2D eigenvalue weighted by molar-refractivity contribution is -0.144. The van der Waals surface area contributed by atoms with E-state index in [4.69, 9.17) is 10.5 Å². The van der Waals surface area contributed by atoms with Gasteiger partial charge in [-0.25, -0.2) is 4.68 Å². The van der Waals surface area contributed by atoms with Crippen molar-refractivity contribution in [2.24, 2.45) is 0 Å². The maximum Gasteiger partial charge on any atom is 0.290 e. The summed E-state index contributed by atoms with van der Waals surface area (Å²) >= 11 is 1.50. The quantitative estimate of drug-likeness (QED) is 0.900. The number of morpholine rings is 1. The number of amides is 1. The molecule has 8 heteroatoms. The predicted molar refractivity (Wildman–Crippen MR) is 92.8 cm³/mol. The van der Waals surface area contributed by atoms with Crippen LogP contribution in [0.4, 0.5) is 5.69 Å². The van der Waals surface area contributed by atoms with Crippen LogP contribution in [0.2, 0.25) is 0 Å². The van der Waals surface area contributed by atoms with Crippen molar-refractivity contribution in [2.45, 2.75) is 32.6 Å². The van der Waals surface area contributed by atoms with E-state index in [9.17, 15) is 9.59 Å². The van der Waals surface area contributed by atoms with E-state index in [0.717, 1.165) is 9.56 Å². The third-order valence-corrected chi connectivity index (χ3v) is 4.73. The Morgan fingerprint density at radius 1 is 1.42 bits per heavy atom. The molecule has 3 rings (SSSR count). The van der Waals surface area contributed by atoms with Crippen molar-refractivity contribution in [3.8, 4) is 10.6 Å². The molecular formula is C16H20N4O3S. The third-order valence-electron chi connectivity index (χ3n) is 3.83. The van der Waals surface area contributed by atoms with E-state index in [1.54, 1.807) is 11.0 Å². The summed E-state index contributed by atoms with van der Waals surface area (Å²) in [5, 5.41) is 6.23. The van der Waals surface area contributed by atoms with Gasteiger partial charge in [0, 0.05) is 13.1 Å². The van der Waals surface area contributed by atoms with Crippen LogP contribution in [-0.2, 0) is 16.1 Å². The molecule has 2 aromatic heterocycles. The van der Waals surface area contributed by atoms with Gasteiger partial charge in [-0.15, -0.1) is 11.3 Å². The summed E-state index contributed by atoms with van der Waals surface area (Å²) in [4.78, 5) is 27.4. The first-order valence-corrected chi connectivity index (χ1v) is 8.66. The molecule has 1 aliphatic rings. The zero-order valence-corrected chi connectivity index (χ0v) is 14.5. The summed E-state index contributed by atoms with van der Waals surface area (Å²) in [6.45, 7) is 4.75. The van der Waals surface area contributed by atoms with Gasteiger partial charge in [-0.2, -0.15) is 5.10 Å². The number of thiophene rings is 1. The fourth-order valence-electron chi connectivity index (χ4n) is 2.82. The lowest BCUT2D eigenvalue weighted by Crippen LogP contribution is -2.49. The standard InChI is InChI=1S/C16H20N4O3S/c1-10-7-19(8-11(2)23-10)15(21)9-20-16(22)12(17)6-13(18-20)14-4-3-5-24-14/h3-6,10-11H,7-9,17H2,1-2H3/t10-,11-/m0/s1. The zero-order chi connectivity index (χ0) is 17.3. The first-order chi connectivity index (χ1) is 11.4. The van der Waals surface area contributed by atoms with Crippen LogP contribution in [-0.4, -0.2) is 45.9 Å². The lowest BCUT2D eigenvalue weighted by atomic mass is 10.2. The van der Waals surface area contributed by atoms with Crippen LogP contribution in [0.1, 0.15) is 13.8 Å². The molecule has 7 nitrogen and oxygen atoms in total. The van der Waals surface area contributed by atoms with Gasteiger partial charge in [-0.1, -0.05) is 6.07 Å². The fraction of sp³-hybridized carbons (Fsp3) is 0.438. The molecule has 1 saturated heterocycles. The van der Waals surface area contributed by atoms with E-state index in [1.807, 2.05) is 31.4 Å². The molecule has 3 heterocycles. The molecule has 24 heavy (non-hydrogen) atoms. The van der Waals surface area contributed by atoms with Gasteiger partial charge in [0.2, 0.25) is 5.91 Å². The molecule has 0 spiro atoms. The Balaban J connectivity index is 1.84. The molecular weight excluding hydrogens is 328 g/mol. The highest BCUT2D eigenvalue weighted by Crippen LogP contribution is 2.22. The Bertz CT molecular complexity index is 777. The summed E-state index contributed by atoms with van der Waals surface area (Å²) in [5.41, 5.74) is 6.05. The first-order valence-electron chi connectivity index (χ1n) is 7.79. The van der Waals surface area contributed by atoms with E-state index in [-0.39, 0.29) is 30.3 Å². The third kappa shape index (κ3) is 3.49. The van der Waals surface area contributed by atoms with Crippen molar-refractivity contribution in [1.82, 2.24) is 14.7 Å². The van der Waals surface area contributed by atoms with Crippen LogP contribution in [0.15, 0.2) is 28.4 Å². The SMILES string of the molecule is C[C@H]1CN(C(=O)Cn2nc(-c3cccs3)cc(N)c2=O)C[C@H](C)O1. The largest absolute Gasteiger partial charge is 0.394 e. The molecule has 0 bridgehead atoms. The summed E-state index contributed by atoms with van der Waals surface area (Å²) in [5.74, 6) is -0.158. The van der Waals surface area contributed by atoms with Gasteiger partial charge < -0.3 is 15.4 Å². The van der Waals surface area contributed by atoms with E-state index in [0.29, 0.717) is 18.8 Å². The molecule has 2 atom stereocenters. The smallest absolute Gasteiger partial charge is 0.290 e. The molecule has 2 N–H and O–H groups in total. The van der Waals surface area contributed by atoms with Gasteiger partial charge in [0.1, 0.15) is 17.9 Å². The topological polar surface area (TPSA) is 90.5 Å². The molecule has 0 radical (unpaired) electrons. The number of ether oxygens (including phenoxy) is 1. The number of rotatable bonds is 3. The Labute approximate surface area is 143 Å². The van der Waals surface area contributed by atoms with E-state index in [2.05, 4.69) is 5.10 Å². The lowest BCUT2D eigenvalue weighted by Gasteiger charge is -2.35. The summed E-state index contributed by atoms with van der Waals surface area (Å²) in [6.07, 6.45) is -0.0465. The van der Waals surface area contributed by atoms with E-state index >= 15 is 0 Å². The van der Waals surface area contributed by atoms with Crippen LogP contribution >= 0.6 is 11.3 Å². The van der Waals surface area contributed by atoms with Crippen molar-refractivity contribution in [2.75, 3.05) is 18.8 Å². The maximum atomic E-state index is 12.6. The molecule has 0 saturated carbocycles.